The fraction of sp³-hybridized carbons (Fsp3) is 0.118. The van der Waals surface area contributed by atoms with Crippen molar-refractivity contribution in [1.82, 2.24) is 9.88 Å². The number of thiazole rings is 1. The SMILES string of the molecule is CN(CC(=O)Nc1ccc(F)cc1)C(=O)c1ccc2ncsc2c1. The molecule has 2 aromatic carbocycles. The summed E-state index contributed by atoms with van der Waals surface area (Å²) in [5.74, 6) is -0.977. The molecule has 2 amide bonds. The van der Waals surface area contributed by atoms with Crippen molar-refractivity contribution >= 4 is 39.1 Å². The van der Waals surface area contributed by atoms with Gasteiger partial charge in [-0.25, -0.2) is 9.37 Å². The van der Waals surface area contributed by atoms with E-state index in [1.54, 1.807) is 30.8 Å². The molecular weight excluding hydrogens is 329 g/mol. The van der Waals surface area contributed by atoms with Crippen molar-refractivity contribution in [3.05, 3.63) is 59.4 Å². The molecule has 24 heavy (non-hydrogen) atoms. The van der Waals surface area contributed by atoms with Gasteiger partial charge in [-0.3, -0.25) is 9.59 Å². The molecule has 0 spiro atoms. The van der Waals surface area contributed by atoms with Crippen LogP contribution < -0.4 is 5.32 Å². The number of fused-ring (bicyclic) bond motifs is 1. The van der Waals surface area contributed by atoms with E-state index in [1.165, 1.54) is 40.5 Å². The van der Waals surface area contributed by atoms with Crippen LogP contribution in [0, 0.1) is 5.82 Å². The van der Waals surface area contributed by atoms with E-state index in [1.807, 2.05) is 0 Å². The molecule has 3 rings (SSSR count). The summed E-state index contributed by atoms with van der Waals surface area (Å²) in [6.07, 6.45) is 0. The Morgan fingerprint density at radius 2 is 1.96 bits per heavy atom. The molecule has 0 saturated heterocycles. The number of anilines is 1. The fourth-order valence-electron chi connectivity index (χ4n) is 2.23. The van der Waals surface area contributed by atoms with Crippen LogP contribution in [0.2, 0.25) is 0 Å². The molecule has 1 aromatic heterocycles. The summed E-state index contributed by atoms with van der Waals surface area (Å²) < 4.78 is 13.8. The van der Waals surface area contributed by atoms with Crippen molar-refractivity contribution in [2.24, 2.45) is 0 Å². The van der Waals surface area contributed by atoms with Crippen molar-refractivity contribution in [3.8, 4) is 0 Å². The molecule has 0 unspecified atom stereocenters. The standard InChI is InChI=1S/C17H14FN3O2S/c1-21(9-16(22)20-13-5-3-12(18)4-6-13)17(23)11-2-7-14-15(8-11)24-10-19-14/h2-8,10H,9H2,1H3,(H,20,22). The maximum absolute atomic E-state index is 12.8. The first-order valence-corrected chi connectivity index (χ1v) is 8.05. The van der Waals surface area contributed by atoms with Gasteiger partial charge < -0.3 is 10.2 Å². The Bertz CT molecular complexity index is 892. The van der Waals surface area contributed by atoms with E-state index in [9.17, 15) is 14.0 Å². The third kappa shape index (κ3) is 3.57. The summed E-state index contributed by atoms with van der Waals surface area (Å²) in [6.45, 7) is -0.100. The smallest absolute Gasteiger partial charge is 0.254 e. The number of rotatable bonds is 4. The molecule has 122 valence electrons. The highest BCUT2D eigenvalue weighted by atomic mass is 32.1. The average molecular weight is 343 g/mol. The Morgan fingerprint density at radius 1 is 1.21 bits per heavy atom. The summed E-state index contributed by atoms with van der Waals surface area (Å²) in [5, 5.41) is 2.62. The van der Waals surface area contributed by atoms with Crippen molar-refractivity contribution in [2.75, 3.05) is 18.9 Å². The highest BCUT2D eigenvalue weighted by molar-refractivity contribution is 7.16. The van der Waals surface area contributed by atoms with Gasteiger partial charge in [-0.1, -0.05) is 0 Å². The fourth-order valence-corrected chi connectivity index (χ4v) is 2.95. The van der Waals surface area contributed by atoms with Crippen LogP contribution in [-0.4, -0.2) is 35.3 Å². The number of halogens is 1. The van der Waals surface area contributed by atoms with E-state index in [2.05, 4.69) is 10.3 Å². The largest absolute Gasteiger partial charge is 0.332 e. The minimum absolute atomic E-state index is 0.100. The second-order valence-electron chi connectivity index (χ2n) is 5.25. The Labute approximate surface area is 141 Å². The van der Waals surface area contributed by atoms with E-state index < -0.39 is 0 Å². The van der Waals surface area contributed by atoms with Gasteiger partial charge in [0.15, 0.2) is 0 Å². The molecule has 0 saturated carbocycles. The monoisotopic (exact) mass is 343 g/mol. The van der Waals surface area contributed by atoms with E-state index in [4.69, 9.17) is 0 Å². The number of hydrogen-bond acceptors (Lipinski definition) is 4. The van der Waals surface area contributed by atoms with Crippen molar-refractivity contribution in [3.63, 3.8) is 0 Å². The van der Waals surface area contributed by atoms with Crippen LogP contribution in [0.15, 0.2) is 48.0 Å². The number of nitrogens with one attached hydrogen (secondary N) is 1. The molecule has 0 aliphatic rings. The summed E-state index contributed by atoms with van der Waals surface area (Å²) >= 11 is 1.46. The van der Waals surface area contributed by atoms with Gasteiger partial charge in [0.1, 0.15) is 5.82 Å². The van der Waals surface area contributed by atoms with E-state index >= 15 is 0 Å². The van der Waals surface area contributed by atoms with Crippen molar-refractivity contribution in [1.29, 1.82) is 0 Å². The molecule has 1 N–H and O–H groups in total. The molecule has 1 heterocycles. The van der Waals surface area contributed by atoms with Crippen molar-refractivity contribution < 1.29 is 14.0 Å². The van der Waals surface area contributed by atoms with Gasteiger partial charge in [-0.05, 0) is 42.5 Å². The van der Waals surface area contributed by atoms with Crippen LogP contribution in [-0.2, 0) is 4.79 Å². The van der Waals surface area contributed by atoms with Gasteiger partial charge in [0, 0.05) is 18.3 Å². The lowest BCUT2D eigenvalue weighted by Gasteiger charge is -2.17. The topological polar surface area (TPSA) is 62.3 Å². The number of likely N-dealkylation sites (N-methyl/N-ethyl adjacent to an activating group) is 1. The zero-order chi connectivity index (χ0) is 17.1. The molecule has 0 atom stereocenters. The number of benzene rings is 2. The molecular formula is C17H14FN3O2S. The molecule has 0 fully saturated rings. The summed E-state index contributed by atoms with van der Waals surface area (Å²) in [6, 6.07) is 10.7. The lowest BCUT2D eigenvalue weighted by molar-refractivity contribution is -0.116. The molecule has 0 bridgehead atoms. The maximum atomic E-state index is 12.8. The summed E-state index contributed by atoms with van der Waals surface area (Å²) in [7, 11) is 1.56. The van der Waals surface area contributed by atoms with Crippen LogP contribution in [0.3, 0.4) is 0 Å². The minimum Gasteiger partial charge on any atom is -0.332 e. The third-order valence-electron chi connectivity index (χ3n) is 3.43. The number of carbonyl (C=O) groups is 2. The minimum atomic E-state index is -0.376. The molecule has 5 nitrogen and oxygen atoms in total. The first-order chi connectivity index (χ1) is 11.5. The van der Waals surface area contributed by atoms with Gasteiger partial charge in [-0.15, -0.1) is 11.3 Å². The molecule has 0 aliphatic carbocycles. The maximum Gasteiger partial charge on any atom is 0.254 e. The highest BCUT2D eigenvalue weighted by Crippen LogP contribution is 2.19. The molecule has 7 heteroatoms. The van der Waals surface area contributed by atoms with Gasteiger partial charge in [-0.2, -0.15) is 0 Å². The number of nitrogens with zero attached hydrogens (tertiary/aromatic N) is 2. The average Bonchev–Trinajstić information content (AvgIpc) is 3.03. The second kappa shape index (κ2) is 6.76. The van der Waals surface area contributed by atoms with E-state index in [0.717, 1.165) is 10.2 Å². The Kier molecular flexibility index (Phi) is 4.52. The van der Waals surface area contributed by atoms with Gasteiger partial charge in [0.05, 0.1) is 22.3 Å². The first kappa shape index (κ1) is 16.1. The lowest BCUT2D eigenvalue weighted by Crippen LogP contribution is -2.34. The molecule has 0 radical (unpaired) electrons. The highest BCUT2D eigenvalue weighted by Gasteiger charge is 2.16. The number of amides is 2. The summed E-state index contributed by atoms with van der Waals surface area (Å²) in [5.41, 5.74) is 3.55. The quantitative estimate of drug-likeness (QED) is 0.791. The van der Waals surface area contributed by atoms with Crippen molar-refractivity contribution in [2.45, 2.75) is 0 Å². The van der Waals surface area contributed by atoms with E-state index in [0.29, 0.717) is 11.3 Å². The van der Waals surface area contributed by atoms with Crippen LogP contribution in [0.25, 0.3) is 10.2 Å². The zero-order valence-electron chi connectivity index (χ0n) is 12.8. The number of aromatic nitrogens is 1. The molecule has 0 aliphatic heterocycles. The van der Waals surface area contributed by atoms with Crippen LogP contribution in [0.1, 0.15) is 10.4 Å². The summed E-state index contributed by atoms with van der Waals surface area (Å²) in [4.78, 5) is 29.9. The van der Waals surface area contributed by atoms with Crippen LogP contribution in [0.5, 0.6) is 0 Å². The van der Waals surface area contributed by atoms with Crippen LogP contribution in [0.4, 0.5) is 10.1 Å². The first-order valence-electron chi connectivity index (χ1n) is 7.17. The predicted octanol–water partition coefficient (Wildman–Crippen LogP) is 3.15. The van der Waals surface area contributed by atoms with E-state index in [-0.39, 0.29) is 24.2 Å². The normalized spacial score (nSPS) is 10.6. The lowest BCUT2D eigenvalue weighted by atomic mass is 10.2. The predicted molar refractivity (Wildman–Crippen MR) is 91.6 cm³/mol. The second-order valence-corrected chi connectivity index (χ2v) is 6.14. The number of hydrogen-bond donors (Lipinski definition) is 1. The zero-order valence-corrected chi connectivity index (χ0v) is 13.6. The third-order valence-corrected chi connectivity index (χ3v) is 4.23. The Balaban J connectivity index is 1.64. The van der Waals surface area contributed by atoms with Crippen LogP contribution >= 0.6 is 11.3 Å². The Hall–Kier alpha value is -2.80. The molecule has 3 aromatic rings. The van der Waals surface area contributed by atoms with Gasteiger partial charge in [0.25, 0.3) is 5.91 Å². The van der Waals surface area contributed by atoms with Gasteiger partial charge >= 0.3 is 0 Å². The van der Waals surface area contributed by atoms with Gasteiger partial charge in [0.2, 0.25) is 5.91 Å². The Morgan fingerprint density at radius 3 is 2.71 bits per heavy atom. The number of carbonyl (C=O) groups excluding carboxylic acids is 2.